The smallest absolute Gasteiger partial charge is 0.326 e. The van der Waals surface area contributed by atoms with E-state index in [1.807, 2.05) is 0 Å². The molecule has 0 saturated carbocycles. The molecule has 2 amide bonds. The maximum absolute atomic E-state index is 12.4. The Balaban J connectivity index is 4.53. The number of carbonyl (C=O) groups excluding carboxylic acids is 3. The van der Waals surface area contributed by atoms with Crippen LogP contribution >= 0.6 is 0 Å². The van der Waals surface area contributed by atoms with Crippen molar-refractivity contribution in [1.82, 2.24) is 10.6 Å². The zero-order chi connectivity index (χ0) is 21.1. The van der Waals surface area contributed by atoms with Crippen molar-refractivity contribution in [3.63, 3.8) is 0 Å². The molecule has 0 aliphatic heterocycles. The number of allylic oxidation sites excluding steroid dienone is 1. The number of hydrogen-bond acceptors (Lipinski definition) is 5. The van der Waals surface area contributed by atoms with Gasteiger partial charge < -0.3 is 20.5 Å². The zero-order valence-corrected chi connectivity index (χ0v) is 16.8. The lowest BCUT2D eigenvalue weighted by molar-refractivity contribution is -0.143. The third-order valence-corrected chi connectivity index (χ3v) is 3.82. The third kappa shape index (κ3) is 10.4. The number of ether oxygens (including phenoxy) is 1. The van der Waals surface area contributed by atoms with Crippen molar-refractivity contribution in [3.8, 4) is 0 Å². The average Bonchev–Trinajstić information content (AvgIpc) is 2.52. The van der Waals surface area contributed by atoms with Crippen LogP contribution in [0.15, 0.2) is 12.3 Å². The van der Waals surface area contributed by atoms with Crippen LogP contribution in [0.3, 0.4) is 0 Å². The van der Waals surface area contributed by atoms with Crippen molar-refractivity contribution < 1.29 is 29.0 Å². The molecule has 0 fully saturated rings. The Morgan fingerprint density at radius 1 is 0.926 bits per heavy atom. The van der Waals surface area contributed by atoms with Gasteiger partial charge in [0.1, 0.15) is 12.1 Å². The Morgan fingerprint density at radius 2 is 1.44 bits per heavy atom. The van der Waals surface area contributed by atoms with Gasteiger partial charge in [-0.3, -0.25) is 14.4 Å². The molecule has 0 aliphatic rings. The monoisotopic (exact) mass is 384 g/mol. The van der Waals surface area contributed by atoms with Crippen LogP contribution in [-0.4, -0.2) is 40.9 Å². The number of carboxylic acids is 1. The van der Waals surface area contributed by atoms with Gasteiger partial charge in [0, 0.05) is 12.8 Å². The quantitative estimate of drug-likeness (QED) is 0.269. The lowest BCUT2D eigenvalue weighted by atomic mass is 10.00. The summed E-state index contributed by atoms with van der Waals surface area (Å²) in [5.41, 5.74) is 0. The zero-order valence-electron chi connectivity index (χ0n) is 16.8. The first kappa shape index (κ1) is 24.6. The van der Waals surface area contributed by atoms with Crippen LogP contribution in [0, 0.1) is 11.8 Å². The second-order valence-corrected chi connectivity index (χ2v) is 7.24. The maximum atomic E-state index is 12.4. The summed E-state index contributed by atoms with van der Waals surface area (Å²) in [6.07, 6.45) is 1.28. The fraction of sp³-hybridized carbons (Fsp3) is 0.684. The maximum Gasteiger partial charge on any atom is 0.326 e. The molecule has 0 unspecified atom stereocenters. The van der Waals surface area contributed by atoms with E-state index in [0.717, 1.165) is 0 Å². The number of carboxylic acid groups (broad SMARTS) is 1. The fourth-order valence-electron chi connectivity index (χ4n) is 2.34. The Bertz CT molecular complexity index is 556. The predicted molar refractivity (Wildman–Crippen MR) is 101 cm³/mol. The lowest BCUT2D eigenvalue weighted by Crippen LogP contribution is -2.54. The van der Waals surface area contributed by atoms with Gasteiger partial charge in [0.05, 0.1) is 5.76 Å². The molecule has 0 radical (unpaired) electrons. The van der Waals surface area contributed by atoms with E-state index in [2.05, 4.69) is 17.2 Å². The number of unbranched alkanes of at least 4 members (excludes halogenated alkanes) is 1. The van der Waals surface area contributed by atoms with Crippen LogP contribution in [0.2, 0.25) is 0 Å². The van der Waals surface area contributed by atoms with E-state index >= 15 is 0 Å². The molecule has 8 heteroatoms. The van der Waals surface area contributed by atoms with Crippen LogP contribution in [0.4, 0.5) is 0 Å². The molecule has 0 heterocycles. The van der Waals surface area contributed by atoms with E-state index in [1.165, 1.54) is 0 Å². The van der Waals surface area contributed by atoms with Gasteiger partial charge in [0.2, 0.25) is 11.8 Å². The minimum Gasteiger partial charge on any atom is -0.480 e. The number of esters is 1. The van der Waals surface area contributed by atoms with Crippen molar-refractivity contribution in [2.24, 2.45) is 11.8 Å². The Kier molecular flexibility index (Phi) is 11.0. The molecular formula is C19H32N2O6. The summed E-state index contributed by atoms with van der Waals surface area (Å²) in [4.78, 5) is 47.1. The SMILES string of the molecule is C=C(C)OC(=O)CCCCC(=O)N[C@H](C(=O)N[C@H](C(=O)O)C(C)C)C(C)C. The number of carbonyl (C=O) groups is 4. The van der Waals surface area contributed by atoms with Gasteiger partial charge in [-0.2, -0.15) is 0 Å². The van der Waals surface area contributed by atoms with Gasteiger partial charge in [-0.1, -0.05) is 34.3 Å². The van der Waals surface area contributed by atoms with Crippen LogP contribution in [0.25, 0.3) is 0 Å². The molecule has 0 saturated heterocycles. The number of hydrogen-bond donors (Lipinski definition) is 3. The first-order valence-electron chi connectivity index (χ1n) is 9.14. The van der Waals surface area contributed by atoms with Crippen molar-refractivity contribution >= 4 is 23.8 Å². The molecule has 27 heavy (non-hydrogen) atoms. The number of aliphatic carboxylic acids is 1. The topological polar surface area (TPSA) is 122 Å². The van der Waals surface area contributed by atoms with Crippen molar-refractivity contribution in [2.45, 2.75) is 72.4 Å². The molecule has 0 rings (SSSR count). The third-order valence-electron chi connectivity index (χ3n) is 3.82. The van der Waals surface area contributed by atoms with Crippen LogP contribution in [0.1, 0.15) is 60.3 Å². The molecular weight excluding hydrogens is 352 g/mol. The first-order valence-corrected chi connectivity index (χ1v) is 9.14. The minimum absolute atomic E-state index is 0.156. The molecule has 8 nitrogen and oxygen atoms in total. The van der Waals surface area contributed by atoms with Crippen molar-refractivity contribution in [2.75, 3.05) is 0 Å². The summed E-state index contributed by atoms with van der Waals surface area (Å²) < 4.78 is 4.83. The van der Waals surface area contributed by atoms with Crippen LogP contribution < -0.4 is 10.6 Å². The predicted octanol–water partition coefficient (Wildman–Crippen LogP) is 1.99. The summed E-state index contributed by atoms with van der Waals surface area (Å²) in [5, 5.41) is 14.3. The van der Waals surface area contributed by atoms with Crippen molar-refractivity contribution in [3.05, 3.63) is 12.3 Å². The molecule has 0 aromatic rings. The highest BCUT2D eigenvalue weighted by atomic mass is 16.5. The summed E-state index contributed by atoms with van der Waals surface area (Å²) in [6, 6.07) is -1.85. The standard InChI is InChI=1S/C19H32N2O6/c1-11(2)16(18(24)21-17(12(3)4)19(25)26)20-14(22)9-7-8-10-15(23)27-13(5)6/h11-12,16-17H,5,7-10H2,1-4,6H3,(H,20,22)(H,21,24)(H,25,26)/t16-,17-/m0/s1. The summed E-state index contributed by atoms with van der Waals surface area (Å²) in [5.74, 6) is -2.53. The van der Waals surface area contributed by atoms with E-state index in [4.69, 9.17) is 4.74 Å². The first-order chi connectivity index (χ1) is 12.5. The molecule has 0 bridgehead atoms. The summed E-state index contributed by atoms with van der Waals surface area (Å²) in [6.45, 7) is 12.0. The fourth-order valence-corrected chi connectivity index (χ4v) is 2.34. The summed E-state index contributed by atoms with van der Waals surface area (Å²) in [7, 11) is 0. The molecule has 2 atom stereocenters. The van der Waals surface area contributed by atoms with Gasteiger partial charge in [0.25, 0.3) is 0 Å². The number of rotatable bonds is 12. The van der Waals surface area contributed by atoms with Gasteiger partial charge >= 0.3 is 11.9 Å². The van der Waals surface area contributed by atoms with Crippen LogP contribution in [0.5, 0.6) is 0 Å². The highest BCUT2D eigenvalue weighted by molar-refractivity contribution is 5.90. The molecule has 0 spiro atoms. The second kappa shape index (κ2) is 12.1. The highest BCUT2D eigenvalue weighted by Gasteiger charge is 2.29. The Labute approximate surface area is 160 Å². The molecule has 3 N–H and O–H groups in total. The molecule has 0 aromatic carbocycles. The van der Waals surface area contributed by atoms with E-state index in [0.29, 0.717) is 18.6 Å². The van der Waals surface area contributed by atoms with E-state index < -0.39 is 29.9 Å². The number of amides is 2. The van der Waals surface area contributed by atoms with E-state index in [9.17, 15) is 24.3 Å². The molecule has 0 aromatic heterocycles. The second-order valence-electron chi connectivity index (χ2n) is 7.24. The average molecular weight is 384 g/mol. The van der Waals surface area contributed by atoms with Gasteiger partial charge in [-0.05, 0) is 31.6 Å². The van der Waals surface area contributed by atoms with E-state index in [-0.39, 0.29) is 30.6 Å². The highest BCUT2D eigenvalue weighted by Crippen LogP contribution is 2.08. The molecule has 154 valence electrons. The Hall–Kier alpha value is -2.38. The Morgan fingerprint density at radius 3 is 1.89 bits per heavy atom. The van der Waals surface area contributed by atoms with Gasteiger partial charge in [0.15, 0.2) is 0 Å². The normalized spacial score (nSPS) is 13.0. The van der Waals surface area contributed by atoms with Gasteiger partial charge in [-0.15, -0.1) is 0 Å². The van der Waals surface area contributed by atoms with Crippen LogP contribution in [-0.2, 0) is 23.9 Å². The summed E-state index contributed by atoms with van der Waals surface area (Å²) >= 11 is 0. The number of nitrogens with one attached hydrogen (secondary N) is 2. The van der Waals surface area contributed by atoms with E-state index in [1.54, 1.807) is 34.6 Å². The minimum atomic E-state index is -1.12. The largest absolute Gasteiger partial charge is 0.480 e. The lowest BCUT2D eigenvalue weighted by Gasteiger charge is -2.25. The van der Waals surface area contributed by atoms with Crippen molar-refractivity contribution in [1.29, 1.82) is 0 Å². The molecule has 0 aliphatic carbocycles. The van der Waals surface area contributed by atoms with Gasteiger partial charge in [-0.25, -0.2) is 4.79 Å².